The number of ether oxygens (including phenoxy) is 1. The Morgan fingerprint density at radius 1 is 1.46 bits per heavy atom. The van der Waals surface area contributed by atoms with Crippen molar-refractivity contribution in [2.75, 3.05) is 17.7 Å². The summed E-state index contributed by atoms with van der Waals surface area (Å²) in [6.45, 7) is -0.582. The number of nitrogens with zero attached hydrogens (tertiary/aromatic N) is 4. The number of halogens is 1. The molecule has 2 aromatic rings. The summed E-state index contributed by atoms with van der Waals surface area (Å²) < 4.78 is 21.5. The van der Waals surface area contributed by atoms with Crippen LogP contribution in [-0.2, 0) is 4.74 Å². The Balaban J connectivity index is 1.83. The van der Waals surface area contributed by atoms with Crippen molar-refractivity contribution in [2.45, 2.75) is 37.3 Å². The van der Waals surface area contributed by atoms with Crippen molar-refractivity contribution in [3.63, 3.8) is 0 Å². The second-order valence-electron chi connectivity index (χ2n) is 6.23. The molecule has 0 bridgehead atoms. The number of fused-ring (bicyclic) bond motifs is 1. The number of imidazole rings is 1. The van der Waals surface area contributed by atoms with Crippen molar-refractivity contribution in [3.8, 4) is 12.3 Å². The van der Waals surface area contributed by atoms with Gasteiger partial charge in [-0.25, -0.2) is 9.37 Å². The highest BCUT2D eigenvalue weighted by molar-refractivity contribution is 5.84. The third-order valence-electron chi connectivity index (χ3n) is 4.36. The first kappa shape index (κ1) is 16.7. The third-order valence-corrected chi connectivity index (χ3v) is 4.36. The number of aliphatic hydroxyl groups is 2. The molecule has 136 valence electrons. The van der Waals surface area contributed by atoms with Gasteiger partial charge in [0, 0.05) is 6.04 Å². The Kier molecular flexibility index (Phi) is 3.99. The molecule has 1 saturated carbocycles. The van der Waals surface area contributed by atoms with Crippen molar-refractivity contribution < 1.29 is 19.3 Å². The molecule has 0 radical (unpaired) electrons. The van der Waals surface area contributed by atoms with E-state index >= 15 is 0 Å². The van der Waals surface area contributed by atoms with Crippen LogP contribution in [0.4, 0.5) is 16.2 Å². The molecule has 0 aromatic carbocycles. The van der Waals surface area contributed by atoms with Crippen LogP contribution in [-0.4, -0.2) is 54.6 Å². The van der Waals surface area contributed by atoms with Crippen LogP contribution >= 0.6 is 0 Å². The number of nitrogens with two attached hydrogens (primary N) is 1. The number of rotatable bonds is 4. The molecular formula is C16H17FN6O3. The molecule has 9 nitrogen and oxygen atoms in total. The quantitative estimate of drug-likeness (QED) is 0.564. The number of aliphatic hydroxyl groups excluding tert-OH is 2. The summed E-state index contributed by atoms with van der Waals surface area (Å²) in [4.78, 5) is 12.6. The second kappa shape index (κ2) is 6.21. The Morgan fingerprint density at radius 3 is 2.88 bits per heavy atom. The van der Waals surface area contributed by atoms with Crippen LogP contribution in [0.25, 0.3) is 11.2 Å². The van der Waals surface area contributed by atoms with Gasteiger partial charge in [0.05, 0.1) is 18.5 Å². The molecule has 2 aromatic heterocycles. The van der Waals surface area contributed by atoms with Gasteiger partial charge in [-0.05, 0) is 12.8 Å². The van der Waals surface area contributed by atoms with E-state index < -0.39 is 30.9 Å². The van der Waals surface area contributed by atoms with E-state index in [4.69, 9.17) is 16.9 Å². The molecular weight excluding hydrogens is 343 g/mol. The van der Waals surface area contributed by atoms with Gasteiger partial charge in [0.15, 0.2) is 23.2 Å². The normalized spacial score (nSPS) is 26.2. The lowest BCUT2D eigenvalue weighted by atomic mass is 10.0. The third kappa shape index (κ3) is 2.66. The summed E-state index contributed by atoms with van der Waals surface area (Å²) in [5.74, 6) is 1.77. The van der Waals surface area contributed by atoms with Gasteiger partial charge in [0.25, 0.3) is 0 Å². The van der Waals surface area contributed by atoms with E-state index in [-0.39, 0.29) is 11.5 Å². The predicted molar refractivity (Wildman–Crippen MR) is 90.3 cm³/mol. The van der Waals surface area contributed by atoms with E-state index in [9.17, 15) is 14.6 Å². The van der Waals surface area contributed by atoms with Crippen LogP contribution in [0, 0.1) is 12.3 Å². The number of nitrogen functional groups attached to an aromatic ring is 1. The lowest BCUT2D eigenvalue weighted by Crippen LogP contribution is -2.40. The van der Waals surface area contributed by atoms with Crippen molar-refractivity contribution in [1.29, 1.82) is 0 Å². The van der Waals surface area contributed by atoms with Crippen molar-refractivity contribution in [3.05, 3.63) is 17.7 Å². The molecule has 10 heteroatoms. The molecule has 4 rings (SSSR count). The van der Waals surface area contributed by atoms with Crippen LogP contribution in [0.1, 0.15) is 19.1 Å². The standard InChI is InChI=1S/C16H17FN6O3/c1-2-8-10(17)12(25)9(5-24)26-15(8)23-6-19-11-13(20-7-3-4-7)21-16(18)22-14(11)23/h1,6-7,9,12,15,24-25H,3-5H2,(H3,18,20,21,22)/t9-,12-,15-/m1/s1. The van der Waals surface area contributed by atoms with Gasteiger partial charge in [0.1, 0.15) is 18.0 Å². The Labute approximate surface area is 147 Å². The minimum Gasteiger partial charge on any atom is -0.394 e. The summed E-state index contributed by atoms with van der Waals surface area (Å²) in [6, 6.07) is 0.316. The summed E-state index contributed by atoms with van der Waals surface area (Å²) in [7, 11) is 0. The number of anilines is 2. The van der Waals surface area contributed by atoms with Crippen LogP contribution in [0.5, 0.6) is 0 Å². The topological polar surface area (TPSA) is 131 Å². The maximum Gasteiger partial charge on any atom is 0.224 e. The highest BCUT2D eigenvalue weighted by Crippen LogP contribution is 2.36. The first-order valence-corrected chi connectivity index (χ1v) is 8.10. The average molecular weight is 360 g/mol. The zero-order chi connectivity index (χ0) is 18.4. The number of hydrogen-bond donors (Lipinski definition) is 4. The van der Waals surface area contributed by atoms with Crippen molar-refractivity contribution in [2.24, 2.45) is 0 Å². The maximum atomic E-state index is 14.5. The Bertz CT molecular complexity index is 932. The molecule has 2 aliphatic rings. The highest BCUT2D eigenvalue weighted by atomic mass is 19.1. The fourth-order valence-electron chi connectivity index (χ4n) is 2.86. The van der Waals surface area contributed by atoms with Gasteiger partial charge in [-0.3, -0.25) is 4.57 Å². The smallest absolute Gasteiger partial charge is 0.224 e. The fourth-order valence-corrected chi connectivity index (χ4v) is 2.86. The zero-order valence-electron chi connectivity index (χ0n) is 13.6. The molecule has 1 aliphatic heterocycles. The van der Waals surface area contributed by atoms with Crippen LogP contribution in [0.2, 0.25) is 0 Å². The molecule has 26 heavy (non-hydrogen) atoms. The SMILES string of the molecule is C#CC1=C(F)[C@H](O)[C@@H](CO)O[C@H]1n1cnc2c(NC3CC3)nc(N)nc21. The van der Waals surface area contributed by atoms with Gasteiger partial charge in [-0.15, -0.1) is 6.42 Å². The zero-order valence-corrected chi connectivity index (χ0v) is 13.6. The van der Waals surface area contributed by atoms with E-state index in [2.05, 4.69) is 26.2 Å². The van der Waals surface area contributed by atoms with E-state index in [0.29, 0.717) is 23.0 Å². The molecule has 1 aliphatic carbocycles. The largest absolute Gasteiger partial charge is 0.394 e. The van der Waals surface area contributed by atoms with Gasteiger partial charge < -0.3 is 26.0 Å². The molecule has 5 N–H and O–H groups in total. The molecule has 3 heterocycles. The van der Waals surface area contributed by atoms with Crippen LogP contribution in [0.15, 0.2) is 17.7 Å². The Hall–Kier alpha value is -2.74. The van der Waals surface area contributed by atoms with E-state index in [0.717, 1.165) is 12.8 Å². The second-order valence-corrected chi connectivity index (χ2v) is 6.23. The number of terminal acetylenes is 1. The van der Waals surface area contributed by atoms with Crippen molar-refractivity contribution >= 4 is 22.9 Å². The fraction of sp³-hybridized carbons (Fsp3) is 0.438. The minimum absolute atomic E-state index is 0.0173. The summed E-state index contributed by atoms with van der Waals surface area (Å²) in [6.07, 6.45) is 4.94. The summed E-state index contributed by atoms with van der Waals surface area (Å²) in [5, 5.41) is 22.4. The van der Waals surface area contributed by atoms with Gasteiger partial charge in [0.2, 0.25) is 5.95 Å². The number of aromatic nitrogens is 4. The Morgan fingerprint density at radius 2 is 2.23 bits per heavy atom. The van der Waals surface area contributed by atoms with Crippen molar-refractivity contribution in [1.82, 2.24) is 19.5 Å². The number of nitrogens with one attached hydrogen (secondary N) is 1. The number of hydrogen-bond acceptors (Lipinski definition) is 8. The lowest BCUT2D eigenvalue weighted by molar-refractivity contribution is -0.117. The van der Waals surface area contributed by atoms with Crippen LogP contribution < -0.4 is 11.1 Å². The van der Waals surface area contributed by atoms with E-state index in [1.54, 1.807) is 0 Å². The first-order valence-electron chi connectivity index (χ1n) is 8.10. The van der Waals surface area contributed by atoms with E-state index in [1.165, 1.54) is 10.9 Å². The van der Waals surface area contributed by atoms with E-state index in [1.807, 2.05) is 0 Å². The molecule has 0 saturated heterocycles. The molecule has 0 amide bonds. The lowest BCUT2D eigenvalue weighted by Gasteiger charge is -2.32. The maximum absolute atomic E-state index is 14.5. The highest BCUT2D eigenvalue weighted by Gasteiger charge is 2.38. The molecule has 0 unspecified atom stereocenters. The summed E-state index contributed by atoms with van der Waals surface area (Å²) in [5.41, 5.74) is 6.35. The van der Waals surface area contributed by atoms with Gasteiger partial charge in [-0.1, -0.05) is 5.92 Å². The molecule has 3 atom stereocenters. The first-order chi connectivity index (χ1) is 12.5. The predicted octanol–water partition coefficient (Wildman–Crippen LogP) is 0.0902. The minimum atomic E-state index is -1.64. The van der Waals surface area contributed by atoms with Gasteiger partial charge >= 0.3 is 0 Å². The molecule has 1 fully saturated rings. The molecule has 0 spiro atoms. The van der Waals surface area contributed by atoms with Crippen LogP contribution in [0.3, 0.4) is 0 Å². The summed E-state index contributed by atoms with van der Waals surface area (Å²) >= 11 is 0. The average Bonchev–Trinajstić information content (AvgIpc) is 3.34. The monoisotopic (exact) mass is 360 g/mol. The van der Waals surface area contributed by atoms with Gasteiger partial charge in [-0.2, -0.15) is 9.97 Å².